The van der Waals surface area contributed by atoms with Gasteiger partial charge in [0.05, 0.1) is 15.5 Å². The first kappa shape index (κ1) is 22.5. The van der Waals surface area contributed by atoms with Crippen LogP contribution in [0.2, 0.25) is 0 Å². The first-order valence-electron chi connectivity index (χ1n) is 10.6. The van der Waals surface area contributed by atoms with Gasteiger partial charge in [0.2, 0.25) is 0 Å². The molecule has 0 spiro atoms. The number of nitro groups is 1. The quantitative estimate of drug-likeness (QED) is 0.242. The van der Waals surface area contributed by atoms with Crippen molar-refractivity contribution in [1.82, 2.24) is 4.90 Å². The van der Waals surface area contributed by atoms with Crippen molar-refractivity contribution >= 4 is 40.3 Å². The highest BCUT2D eigenvalue weighted by Crippen LogP contribution is 2.36. The summed E-state index contributed by atoms with van der Waals surface area (Å²) < 4.78 is 5.89. The monoisotopic (exact) mass is 461 g/mol. The van der Waals surface area contributed by atoms with Gasteiger partial charge in [-0.3, -0.25) is 19.8 Å². The third kappa shape index (κ3) is 4.61. The van der Waals surface area contributed by atoms with Crippen molar-refractivity contribution in [3.63, 3.8) is 0 Å². The van der Waals surface area contributed by atoms with Gasteiger partial charge in [-0.15, -0.1) is 0 Å². The normalized spacial score (nSPS) is 16.2. The van der Waals surface area contributed by atoms with E-state index < -0.39 is 4.92 Å². The van der Waals surface area contributed by atoms with Gasteiger partial charge in [-0.05, 0) is 55.8 Å². The molecule has 1 amide bonds. The molecule has 1 aliphatic rings. The lowest BCUT2D eigenvalue weighted by atomic mass is 10.1. The lowest BCUT2D eigenvalue weighted by Crippen LogP contribution is -2.28. The average molecular weight is 462 g/mol. The van der Waals surface area contributed by atoms with Gasteiger partial charge in [0.1, 0.15) is 11.5 Å². The fraction of sp³-hybridized carbons (Fsp3) is 0.200. The molecule has 4 rings (SSSR count). The number of para-hydroxylation sites is 1. The molecule has 1 fully saturated rings. The highest BCUT2D eigenvalue weighted by Gasteiger charge is 2.32. The molecule has 2 aromatic carbocycles. The Balaban J connectivity index is 1.63. The minimum Gasteiger partial charge on any atom is -0.457 e. The van der Waals surface area contributed by atoms with E-state index in [1.807, 2.05) is 31.2 Å². The van der Waals surface area contributed by atoms with E-state index in [-0.39, 0.29) is 11.6 Å². The number of carbonyl (C=O) groups excluding carboxylic acids is 1. The topological polar surface area (TPSA) is 89.0 Å². The molecule has 0 saturated carbocycles. The SMILES string of the molecule is CCc1ccccc1N=C1S/C(=C/c2ccc(-c3ccc(C)c([N+](=O)[O-])c3)o2)C(=O)N1CC. The first-order valence-corrected chi connectivity index (χ1v) is 11.5. The van der Waals surface area contributed by atoms with Gasteiger partial charge < -0.3 is 4.42 Å². The van der Waals surface area contributed by atoms with Gasteiger partial charge in [-0.2, -0.15) is 0 Å². The Morgan fingerprint density at radius 1 is 1.15 bits per heavy atom. The Hall–Kier alpha value is -3.65. The summed E-state index contributed by atoms with van der Waals surface area (Å²) >= 11 is 1.31. The summed E-state index contributed by atoms with van der Waals surface area (Å²) in [4.78, 5) is 30.7. The van der Waals surface area contributed by atoms with Crippen LogP contribution < -0.4 is 0 Å². The van der Waals surface area contributed by atoms with Crippen LogP contribution in [0.25, 0.3) is 17.4 Å². The van der Waals surface area contributed by atoms with Crippen LogP contribution in [0, 0.1) is 17.0 Å². The molecule has 1 aliphatic heterocycles. The number of amides is 1. The van der Waals surface area contributed by atoms with Crippen LogP contribution in [-0.4, -0.2) is 27.4 Å². The van der Waals surface area contributed by atoms with E-state index in [2.05, 4.69) is 6.92 Å². The number of hydrogen-bond donors (Lipinski definition) is 0. The van der Waals surface area contributed by atoms with E-state index in [9.17, 15) is 14.9 Å². The summed E-state index contributed by atoms with van der Waals surface area (Å²) in [5.74, 6) is 0.869. The van der Waals surface area contributed by atoms with Crippen molar-refractivity contribution in [1.29, 1.82) is 0 Å². The third-order valence-corrected chi connectivity index (χ3v) is 6.39. The maximum absolute atomic E-state index is 13.0. The maximum Gasteiger partial charge on any atom is 0.273 e. The molecule has 2 heterocycles. The molecule has 0 aliphatic carbocycles. The second kappa shape index (κ2) is 9.46. The van der Waals surface area contributed by atoms with Crippen LogP contribution >= 0.6 is 11.8 Å². The van der Waals surface area contributed by atoms with E-state index in [0.717, 1.165) is 17.7 Å². The van der Waals surface area contributed by atoms with Crippen LogP contribution in [0.4, 0.5) is 11.4 Å². The molecule has 3 aromatic rings. The minimum absolute atomic E-state index is 0.0390. The summed E-state index contributed by atoms with van der Waals surface area (Å²) in [5, 5.41) is 11.9. The lowest BCUT2D eigenvalue weighted by molar-refractivity contribution is -0.385. The third-order valence-electron chi connectivity index (χ3n) is 5.38. The van der Waals surface area contributed by atoms with Crippen molar-refractivity contribution in [2.75, 3.05) is 6.54 Å². The number of rotatable bonds is 6. The van der Waals surface area contributed by atoms with Crippen LogP contribution in [0.15, 0.2) is 68.9 Å². The van der Waals surface area contributed by atoms with E-state index in [1.54, 1.807) is 42.2 Å². The van der Waals surface area contributed by atoms with Gasteiger partial charge in [-0.25, -0.2) is 4.99 Å². The summed E-state index contributed by atoms with van der Waals surface area (Å²) in [7, 11) is 0. The molecule has 0 unspecified atom stereocenters. The molecule has 8 heteroatoms. The van der Waals surface area contributed by atoms with E-state index in [0.29, 0.717) is 39.3 Å². The standard InChI is InChI=1S/C25H23N3O4S/c1-4-17-8-6-7-9-20(17)26-25-27(5-2)24(29)23(33-25)15-19-12-13-22(32-19)18-11-10-16(3)21(14-18)28(30)31/h6-15H,4-5H2,1-3H3/b23-15+,26-25?. The average Bonchev–Trinajstić information content (AvgIpc) is 3.39. The molecule has 0 bridgehead atoms. The van der Waals surface area contributed by atoms with Gasteiger partial charge in [-0.1, -0.05) is 37.3 Å². The summed E-state index contributed by atoms with van der Waals surface area (Å²) in [6.45, 7) is 6.19. The zero-order chi connectivity index (χ0) is 23.5. The number of furan rings is 1. The Kier molecular flexibility index (Phi) is 6.46. The van der Waals surface area contributed by atoms with Crippen LogP contribution in [0.5, 0.6) is 0 Å². The van der Waals surface area contributed by atoms with Gasteiger partial charge in [0.15, 0.2) is 5.17 Å². The second-order valence-corrected chi connectivity index (χ2v) is 8.51. The van der Waals surface area contributed by atoms with Crippen molar-refractivity contribution in [2.45, 2.75) is 27.2 Å². The van der Waals surface area contributed by atoms with Crippen molar-refractivity contribution in [3.05, 3.63) is 86.5 Å². The number of hydrogen-bond acceptors (Lipinski definition) is 6. The first-order chi connectivity index (χ1) is 15.9. The number of amidine groups is 1. The lowest BCUT2D eigenvalue weighted by Gasteiger charge is -2.12. The van der Waals surface area contributed by atoms with Gasteiger partial charge in [0.25, 0.3) is 11.6 Å². The second-order valence-electron chi connectivity index (χ2n) is 7.50. The highest BCUT2D eigenvalue weighted by atomic mass is 32.2. The van der Waals surface area contributed by atoms with Crippen molar-refractivity contribution in [2.24, 2.45) is 4.99 Å². The number of likely N-dealkylation sites (N-methyl/N-ethyl adjacent to an activating group) is 1. The minimum atomic E-state index is -0.407. The Bertz CT molecular complexity index is 1290. The molecule has 33 heavy (non-hydrogen) atoms. The number of benzene rings is 2. The Labute approximate surface area is 196 Å². The van der Waals surface area contributed by atoms with Gasteiger partial charge >= 0.3 is 0 Å². The molecular formula is C25H23N3O4S. The number of nitro benzene ring substituents is 1. The van der Waals surface area contributed by atoms with Crippen molar-refractivity contribution < 1.29 is 14.1 Å². The fourth-order valence-corrected chi connectivity index (χ4v) is 4.60. The molecule has 1 aromatic heterocycles. The predicted molar refractivity (Wildman–Crippen MR) is 131 cm³/mol. The zero-order valence-electron chi connectivity index (χ0n) is 18.6. The fourth-order valence-electron chi connectivity index (χ4n) is 3.57. The molecule has 0 N–H and O–H groups in total. The largest absolute Gasteiger partial charge is 0.457 e. The van der Waals surface area contributed by atoms with E-state index in [1.165, 1.54) is 17.8 Å². The summed E-state index contributed by atoms with van der Waals surface area (Å²) in [5.41, 5.74) is 3.21. The zero-order valence-corrected chi connectivity index (χ0v) is 19.4. The van der Waals surface area contributed by atoms with Crippen LogP contribution in [0.1, 0.15) is 30.7 Å². The maximum atomic E-state index is 13.0. The smallest absolute Gasteiger partial charge is 0.273 e. The molecular weight excluding hydrogens is 438 g/mol. The van der Waals surface area contributed by atoms with Crippen LogP contribution in [-0.2, 0) is 11.2 Å². The Morgan fingerprint density at radius 2 is 1.94 bits per heavy atom. The van der Waals surface area contributed by atoms with E-state index in [4.69, 9.17) is 9.41 Å². The van der Waals surface area contributed by atoms with Crippen LogP contribution in [0.3, 0.4) is 0 Å². The highest BCUT2D eigenvalue weighted by molar-refractivity contribution is 8.18. The molecule has 0 atom stereocenters. The molecule has 1 saturated heterocycles. The number of aryl methyl sites for hydroxylation is 2. The number of aliphatic imine (C=N–C) groups is 1. The predicted octanol–water partition coefficient (Wildman–Crippen LogP) is 6.35. The van der Waals surface area contributed by atoms with Crippen molar-refractivity contribution in [3.8, 4) is 11.3 Å². The van der Waals surface area contributed by atoms with E-state index >= 15 is 0 Å². The summed E-state index contributed by atoms with van der Waals surface area (Å²) in [6, 6.07) is 16.4. The summed E-state index contributed by atoms with van der Waals surface area (Å²) in [6.07, 6.45) is 2.54. The molecule has 7 nitrogen and oxygen atoms in total. The number of thioether (sulfide) groups is 1. The molecule has 0 radical (unpaired) electrons. The number of carbonyl (C=O) groups is 1. The van der Waals surface area contributed by atoms with Gasteiger partial charge in [0, 0.05) is 29.8 Å². The molecule has 168 valence electrons. The Morgan fingerprint density at radius 3 is 2.67 bits per heavy atom. The number of nitrogens with zero attached hydrogens (tertiary/aromatic N) is 3.